The number of nitriles is 1. The summed E-state index contributed by atoms with van der Waals surface area (Å²) in [5.74, 6) is -0.0326. The standard InChI is InChI=1S/C24H23N5OS/c25-17-24(14-8-3-9-15-24)27-20(30)16-31-23-26-21(18-10-4-1-5-11-18)22(28-29-23)19-12-6-2-7-13-19/h1-2,4-7,10-13H,3,8-9,14-16H2,(H,27,30). The summed E-state index contributed by atoms with van der Waals surface area (Å²) >= 11 is 1.23. The third kappa shape index (κ3) is 5.09. The molecule has 31 heavy (non-hydrogen) atoms. The highest BCUT2D eigenvalue weighted by Gasteiger charge is 2.33. The summed E-state index contributed by atoms with van der Waals surface area (Å²) in [7, 11) is 0. The van der Waals surface area contributed by atoms with Crippen molar-refractivity contribution in [1.29, 1.82) is 5.26 Å². The average molecular weight is 430 g/mol. The number of carbonyl (C=O) groups is 1. The van der Waals surface area contributed by atoms with Crippen molar-refractivity contribution < 1.29 is 4.79 Å². The largest absolute Gasteiger partial charge is 0.337 e. The number of thioether (sulfide) groups is 1. The van der Waals surface area contributed by atoms with Gasteiger partial charge in [0.15, 0.2) is 0 Å². The summed E-state index contributed by atoms with van der Waals surface area (Å²) in [5, 5.41) is 21.6. The maximum atomic E-state index is 12.5. The normalized spacial score (nSPS) is 15.1. The topological polar surface area (TPSA) is 91.6 Å². The Labute approximate surface area is 186 Å². The number of rotatable bonds is 6. The minimum Gasteiger partial charge on any atom is -0.337 e. The number of hydrogen-bond acceptors (Lipinski definition) is 6. The van der Waals surface area contributed by atoms with Crippen LogP contribution in [0.1, 0.15) is 32.1 Å². The van der Waals surface area contributed by atoms with E-state index in [2.05, 4.69) is 21.6 Å². The molecule has 1 N–H and O–H groups in total. The van der Waals surface area contributed by atoms with Crippen molar-refractivity contribution in [3.63, 3.8) is 0 Å². The summed E-state index contributed by atoms with van der Waals surface area (Å²) in [6.07, 6.45) is 4.47. The third-order valence-electron chi connectivity index (χ3n) is 5.39. The van der Waals surface area contributed by atoms with Gasteiger partial charge >= 0.3 is 0 Å². The fourth-order valence-corrected chi connectivity index (χ4v) is 4.40. The first-order valence-corrected chi connectivity index (χ1v) is 11.4. The zero-order chi connectivity index (χ0) is 21.5. The van der Waals surface area contributed by atoms with Crippen molar-refractivity contribution >= 4 is 17.7 Å². The van der Waals surface area contributed by atoms with E-state index in [4.69, 9.17) is 4.98 Å². The van der Waals surface area contributed by atoms with Crippen LogP contribution in [0.25, 0.3) is 22.5 Å². The highest BCUT2D eigenvalue weighted by Crippen LogP contribution is 2.30. The maximum absolute atomic E-state index is 12.5. The van der Waals surface area contributed by atoms with Crippen LogP contribution in [0.4, 0.5) is 0 Å². The fourth-order valence-electron chi connectivity index (χ4n) is 3.81. The Kier molecular flexibility index (Phi) is 6.58. The molecule has 1 heterocycles. The second-order valence-electron chi connectivity index (χ2n) is 7.62. The Morgan fingerprint density at radius 2 is 1.55 bits per heavy atom. The second kappa shape index (κ2) is 9.71. The van der Waals surface area contributed by atoms with E-state index in [0.717, 1.165) is 36.1 Å². The van der Waals surface area contributed by atoms with Crippen LogP contribution in [-0.4, -0.2) is 32.4 Å². The molecule has 2 aromatic carbocycles. The molecule has 0 atom stereocenters. The molecule has 1 fully saturated rings. The molecule has 0 spiro atoms. The van der Waals surface area contributed by atoms with Gasteiger partial charge in [0.2, 0.25) is 11.1 Å². The molecule has 1 aliphatic rings. The summed E-state index contributed by atoms with van der Waals surface area (Å²) in [4.78, 5) is 17.3. The summed E-state index contributed by atoms with van der Waals surface area (Å²) < 4.78 is 0. The van der Waals surface area contributed by atoms with Gasteiger partial charge in [-0.2, -0.15) is 5.26 Å². The van der Waals surface area contributed by atoms with Crippen molar-refractivity contribution in [3.05, 3.63) is 60.7 Å². The van der Waals surface area contributed by atoms with Gasteiger partial charge in [-0.05, 0) is 12.8 Å². The molecule has 4 rings (SSSR count). The SMILES string of the molecule is N#CC1(NC(=O)CSc2nnc(-c3ccccc3)c(-c3ccccc3)n2)CCCCC1. The third-order valence-corrected chi connectivity index (χ3v) is 6.23. The molecular formula is C24H23N5OS. The summed E-state index contributed by atoms with van der Waals surface area (Å²) in [6, 6.07) is 22.0. The number of aromatic nitrogens is 3. The van der Waals surface area contributed by atoms with Gasteiger partial charge in [-0.1, -0.05) is 91.7 Å². The van der Waals surface area contributed by atoms with Gasteiger partial charge in [-0.25, -0.2) is 4.98 Å². The Bertz CT molecular complexity index is 1080. The number of benzene rings is 2. The first kappa shape index (κ1) is 21.0. The lowest BCUT2D eigenvalue weighted by atomic mass is 9.83. The lowest BCUT2D eigenvalue weighted by molar-refractivity contribution is -0.120. The molecule has 156 valence electrons. The van der Waals surface area contributed by atoms with E-state index >= 15 is 0 Å². The van der Waals surface area contributed by atoms with Crippen LogP contribution in [0.15, 0.2) is 65.8 Å². The molecule has 1 amide bonds. The Morgan fingerprint density at radius 1 is 0.935 bits per heavy atom. The quantitative estimate of drug-likeness (QED) is 0.574. The van der Waals surface area contributed by atoms with E-state index in [-0.39, 0.29) is 11.7 Å². The van der Waals surface area contributed by atoms with Crippen LogP contribution in [0.2, 0.25) is 0 Å². The molecule has 7 heteroatoms. The molecule has 0 aliphatic heterocycles. The number of amides is 1. The fraction of sp³-hybridized carbons (Fsp3) is 0.292. The van der Waals surface area contributed by atoms with Gasteiger partial charge in [-0.3, -0.25) is 4.79 Å². The van der Waals surface area contributed by atoms with E-state index in [1.165, 1.54) is 11.8 Å². The molecular weight excluding hydrogens is 406 g/mol. The van der Waals surface area contributed by atoms with E-state index < -0.39 is 5.54 Å². The monoisotopic (exact) mass is 429 g/mol. The van der Waals surface area contributed by atoms with Gasteiger partial charge in [0.25, 0.3) is 0 Å². The molecule has 3 aromatic rings. The van der Waals surface area contributed by atoms with Crippen molar-refractivity contribution in [2.75, 3.05) is 5.75 Å². The predicted molar refractivity (Wildman–Crippen MR) is 121 cm³/mol. The zero-order valence-corrected chi connectivity index (χ0v) is 17.9. The molecule has 0 saturated heterocycles. The van der Waals surface area contributed by atoms with Crippen LogP contribution in [0.5, 0.6) is 0 Å². The van der Waals surface area contributed by atoms with Gasteiger partial charge in [-0.15, -0.1) is 10.2 Å². The molecule has 6 nitrogen and oxygen atoms in total. The molecule has 1 aliphatic carbocycles. The smallest absolute Gasteiger partial charge is 0.231 e. The predicted octanol–water partition coefficient (Wildman–Crippen LogP) is 4.64. The van der Waals surface area contributed by atoms with E-state index in [1.54, 1.807) is 0 Å². The van der Waals surface area contributed by atoms with Crippen LogP contribution in [-0.2, 0) is 4.79 Å². The van der Waals surface area contributed by atoms with Crippen molar-refractivity contribution in [2.45, 2.75) is 42.8 Å². The minimum atomic E-state index is -0.735. The first-order chi connectivity index (χ1) is 15.2. The number of carbonyl (C=O) groups excluding carboxylic acids is 1. The lowest BCUT2D eigenvalue weighted by Gasteiger charge is -2.31. The summed E-state index contributed by atoms with van der Waals surface area (Å²) in [6.45, 7) is 0. The highest BCUT2D eigenvalue weighted by molar-refractivity contribution is 7.99. The van der Waals surface area contributed by atoms with Crippen LogP contribution in [0, 0.1) is 11.3 Å². The number of nitrogens with zero attached hydrogens (tertiary/aromatic N) is 4. The number of hydrogen-bond donors (Lipinski definition) is 1. The zero-order valence-electron chi connectivity index (χ0n) is 17.1. The Hall–Kier alpha value is -3.24. The average Bonchev–Trinajstić information content (AvgIpc) is 2.84. The van der Waals surface area contributed by atoms with Gasteiger partial charge in [0.05, 0.1) is 11.8 Å². The Balaban J connectivity index is 1.53. The highest BCUT2D eigenvalue weighted by atomic mass is 32.2. The van der Waals surface area contributed by atoms with Crippen LogP contribution in [0.3, 0.4) is 0 Å². The minimum absolute atomic E-state index is 0.143. The van der Waals surface area contributed by atoms with Gasteiger partial charge < -0.3 is 5.32 Å². The second-order valence-corrected chi connectivity index (χ2v) is 8.56. The molecule has 1 saturated carbocycles. The lowest BCUT2D eigenvalue weighted by Crippen LogP contribution is -2.49. The van der Waals surface area contributed by atoms with E-state index in [1.807, 2.05) is 60.7 Å². The molecule has 0 radical (unpaired) electrons. The van der Waals surface area contributed by atoms with Crippen molar-refractivity contribution in [3.8, 4) is 28.6 Å². The molecule has 1 aromatic heterocycles. The van der Waals surface area contributed by atoms with E-state index in [0.29, 0.717) is 23.7 Å². The molecule has 0 bridgehead atoms. The first-order valence-electron chi connectivity index (χ1n) is 10.4. The van der Waals surface area contributed by atoms with Gasteiger partial charge in [0, 0.05) is 11.1 Å². The van der Waals surface area contributed by atoms with Crippen LogP contribution < -0.4 is 5.32 Å². The van der Waals surface area contributed by atoms with Gasteiger partial charge in [0.1, 0.15) is 16.9 Å². The van der Waals surface area contributed by atoms with Crippen LogP contribution >= 0.6 is 11.8 Å². The summed E-state index contributed by atoms with van der Waals surface area (Å²) in [5.41, 5.74) is 2.57. The Morgan fingerprint density at radius 3 is 2.16 bits per heavy atom. The van der Waals surface area contributed by atoms with Crippen molar-refractivity contribution in [2.24, 2.45) is 0 Å². The number of nitrogens with one attached hydrogen (secondary N) is 1. The van der Waals surface area contributed by atoms with E-state index in [9.17, 15) is 10.1 Å². The maximum Gasteiger partial charge on any atom is 0.231 e. The molecule has 0 unspecified atom stereocenters. The van der Waals surface area contributed by atoms with Crippen molar-refractivity contribution in [1.82, 2.24) is 20.5 Å².